The van der Waals surface area contributed by atoms with Gasteiger partial charge < -0.3 is 9.88 Å². The Bertz CT molecular complexity index is 909. The van der Waals surface area contributed by atoms with Crippen LogP contribution in [0.3, 0.4) is 0 Å². The van der Waals surface area contributed by atoms with Crippen LogP contribution in [0.1, 0.15) is 33.7 Å². The number of H-pyrrole nitrogens is 2. The van der Waals surface area contributed by atoms with E-state index in [4.69, 9.17) is 0 Å². The number of rotatable bonds is 6. The summed E-state index contributed by atoms with van der Waals surface area (Å²) in [6.45, 7) is 1.57. The molecule has 4 heterocycles. The van der Waals surface area contributed by atoms with Crippen LogP contribution in [0, 0.1) is 0 Å². The molecule has 0 aliphatic carbocycles. The van der Waals surface area contributed by atoms with E-state index in [-0.39, 0.29) is 17.4 Å². The van der Waals surface area contributed by atoms with E-state index in [1.807, 2.05) is 22.4 Å². The molecule has 2 N–H and O–H groups in total. The lowest BCUT2D eigenvalue weighted by atomic mass is 10.2. The predicted molar refractivity (Wildman–Crippen MR) is 101 cm³/mol. The molecule has 0 bridgehead atoms. The molecule has 3 aromatic heterocycles. The minimum atomic E-state index is -0.0609. The van der Waals surface area contributed by atoms with Crippen LogP contribution >= 0.6 is 23.1 Å². The fourth-order valence-electron chi connectivity index (χ4n) is 2.82. The Balaban J connectivity index is 1.36. The molecule has 4 rings (SSSR count). The summed E-state index contributed by atoms with van der Waals surface area (Å²) in [5.41, 5.74) is 0.979. The topological polar surface area (TPSA) is 94.7 Å². The van der Waals surface area contributed by atoms with Crippen LogP contribution < -0.4 is 0 Å². The van der Waals surface area contributed by atoms with Crippen LogP contribution in [0.15, 0.2) is 34.9 Å². The average molecular weight is 387 g/mol. The van der Waals surface area contributed by atoms with Gasteiger partial charge in [-0.25, -0.2) is 4.98 Å². The first-order chi connectivity index (χ1) is 12.7. The van der Waals surface area contributed by atoms with E-state index < -0.39 is 0 Å². The van der Waals surface area contributed by atoms with E-state index in [1.165, 1.54) is 11.8 Å². The van der Waals surface area contributed by atoms with Crippen molar-refractivity contribution in [1.82, 2.24) is 25.1 Å². The third-order valence-electron chi connectivity index (χ3n) is 4.18. The molecule has 0 aromatic carbocycles. The van der Waals surface area contributed by atoms with Crippen molar-refractivity contribution in [3.8, 4) is 10.7 Å². The van der Waals surface area contributed by atoms with Crippen molar-refractivity contribution in [2.24, 2.45) is 0 Å². The number of carbonyl (C=O) groups is 2. The number of thiophene rings is 1. The van der Waals surface area contributed by atoms with Gasteiger partial charge in [-0.05, 0) is 30.4 Å². The molecule has 1 aliphatic rings. The third-order valence-corrected chi connectivity index (χ3v) is 5.90. The number of thioether (sulfide) groups is 1. The Morgan fingerprint density at radius 2 is 2.15 bits per heavy atom. The second kappa shape index (κ2) is 7.46. The van der Waals surface area contributed by atoms with Gasteiger partial charge in [-0.15, -0.1) is 16.4 Å². The Morgan fingerprint density at radius 3 is 2.92 bits per heavy atom. The van der Waals surface area contributed by atoms with E-state index in [9.17, 15) is 9.59 Å². The van der Waals surface area contributed by atoms with Crippen LogP contribution in [0.5, 0.6) is 0 Å². The van der Waals surface area contributed by atoms with Crippen molar-refractivity contribution in [2.45, 2.75) is 18.0 Å². The van der Waals surface area contributed by atoms with Crippen LogP contribution in [0.4, 0.5) is 0 Å². The normalized spacial score (nSPS) is 14.1. The number of aromatic amines is 2. The fraction of sp³-hybridized carbons (Fsp3) is 0.294. The fourth-order valence-corrected chi connectivity index (χ4v) is 4.17. The molecule has 7 nitrogen and oxygen atoms in total. The minimum Gasteiger partial charge on any atom is -0.356 e. The maximum absolute atomic E-state index is 12.4. The predicted octanol–water partition coefficient (Wildman–Crippen LogP) is 3.07. The number of aromatic nitrogens is 4. The van der Waals surface area contributed by atoms with E-state index >= 15 is 0 Å². The molecule has 1 amide bonds. The maximum atomic E-state index is 12.4. The lowest BCUT2D eigenvalue weighted by molar-refractivity contribution is 0.0787. The van der Waals surface area contributed by atoms with Gasteiger partial charge in [0, 0.05) is 24.8 Å². The summed E-state index contributed by atoms with van der Waals surface area (Å²) in [7, 11) is 0. The summed E-state index contributed by atoms with van der Waals surface area (Å²) < 4.78 is 0. The number of likely N-dealkylation sites (tertiary alicyclic amines) is 1. The number of ketones is 1. The van der Waals surface area contributed by atoms with E-state index in [1.54, 1.807) is 23.6 Å². The molecule has 0 unspecified atom stereocenters. The molecule has 3 aromatic rings. The molecule has 0 atom stereocenters. The Labute approximate surface area is 158 Å². The van der Waals surface area contributed by atoms with E-state index in [0.717, 1.165) is 30.8 Å². The van der Waals surface area contributed by atoms with Gasteiger partial charge in [0.15, 0.2) is 11.6 Å². The highest BCUT2D eigenvalue weighted by molar-refractivity contribution is 7.99. The Morgan fingerprint density at radius 1 is 1.31 bits per heavy atom. The lowest BCUT2D eigenvalue weighted by Crippen LogP contribution is -2.27. The summed E-state index contributed by atoms with van der Waals surface area (Å²) in [6, 6.07) is 5.55. The van der Waals surface area contributed by atoms with Crippen LogP contribution in [-0.2, 0) is 0 Å². The van der Waals surface area contributed by atoms with Gasteiger partial charge in [0.2, 0.25) is 5.16 Å². The summed E-state index contributed by atoms with van der Waals surface area (Å²) in [5.74, 6) is 0.824. The molecular weight excluding hydrogens is 370 g/mol. The van der Waals surface area contributed by atoms with E-state index in [2.05, 4.69) is 20.2 Å². The highest BCUT2D eigenvalue weighted by Gasteiger charge is 2.22. The zero-order valence-corrected chi connectivity index (χ0v) is 15.5. The summed E-state index contributed by atoms with van der Waals surface area (Å²) in [4.78, 5) is 34.9. The number of nitrogens with one attached hydrogen (secondary N) is 2. The van der Waals surface area contributed by atoms with E-state index in [0.29, 0.717) is 22.2 Å². The van der Waals surface area contributed by atoms with Crippen molar-refractivity contribution in [1.29, 1.82) is 0 Å². The molecule has 26 heavy (non-hydrogen) atoms. The number of Topliss-reactive ketones (excluding diaryl/α,β-unsaturated/α-hetero) is 1. The van der Waals surface area contributed by atoms with Crippen molar-refractivity contribution < 1.29 is 9.59 Å². The number of hydrogen-bond acceptors (Lipinski definition) is 6. The molecular formula is C17H17N5O2S2. The molecule has 0 spiro atoms. The highest BCUT2D eigenvalue weighted by atomic mass is 32.2. The van der Waals surface area contributed by atoms with Crippen molar-refractivity contribution in [3.63, 3.8) is 0 Å². The number of hydrogen-bond donors (Lipinski definition) is 2. The molecule has 1 saturated heterocycles. The first-order valence-corrected chi connectivity index (χ1v) is 10.2. The first kappa shape index (κ1) is 17.0. The van der Waals surface area contributed by atoms with Crippen molar-refractivity contribution in [3.05, 3.63) is 41.0 Å². The van der Waals surface area contributed by atoms with Crippen molar-refractivity contribution in [2.75, 3.05) is 18.8 Å². The van der Waals surface area contributed by atoms with Gasteiger partial charge in [-0.3, -0.25) is 14.7 Å². The smallest absolute Gasteiger partial charge is 0.270 e. The standard InChI is InChI=1S/C17H17N5O2S2/c23-13(10-26-17-19-15(20-21-17)14-4-3-7-25-14)11-8-12(18-9-11)16(24)22-5-1-2-6-22/h3-4,7-9,18H,1-2,5-6,10H2,(H,19,20,21). The first-order valence-electron chi connectivity index (χ1n) is 8.30. The van der Waals surface area contributed by atoms with Gasteiger partial charge >= 0.3 is 0 Å². The lowest BCUT2D eigenvalue weighted by Gasteiger charge is -2.13. The van der Waals surface area contributed by atoms with Crippen LogP contribution in [0.2, 0.25) is 0 Å². The molecule has 9 heteroatoms. The number of carbonyl (C=O) groups excluding carboxylic acids is 2. The van der Waals surface area contributed by atoms with Gasteiger partial charge in [0.25, 0.3) is 5.91 Å². The quantitative estimate of drug-likeness (QED) is 0.501. The largest absolute Gasteiger partial charge is 0.356 e. The molecule has 134 valence electrons. The zero-order chi connectivity index (χ0) is 17.9. The Kier molecular flexibility index (Phi) is 4.89. The van der Waals surface area contributed by atoms with Crippen LogP contribution in [-0.4, -0.2) is 55.6 Å². The third kappa shape index (κ3) is 3.58. The number of nitrogens with zero attached hydrogens (tertiary/aromatic N) is 3. The summed E-state index contributed by atoms with van der Waals surface area (Å²) in [6.07, 6.45) is 3.68. The van der Waals surface area contributed by atoms with Gasteiger partial charge in [-0.1, -0.05) is 17.8 Å². The van der Waals surface area contributed by atoms with Gasteiger partial charge in [-0.2, -0.15) is 0 Å². The highest BCUT2D eigenvalue weighted by Crippen LogP contribution is 2.23. The maximum Gasteiger partial charge on any atom is 0.270 e. The molecule has 0 saturated carbocycles. The molecule has 0 radical (unpaired) electrons. The monoisotopic (exact) mass is 387 g/mol. The second-order valence-corrected chi connectivity index (χ2v) is 7.85. The van der Waals surface area contributed by atoms with Crippen molar-refractivity contribution >= 4 is 34.8 Å². The summed E-state index contributed by atoms with van der Waals surface area (Å²) in [5, 5.41) is 9.53. The van der Waals surface area contributed by atoms with Gasteiger partial charge in [0.1, 0.15) is 5.69 Å². The zero-order valence-electron chi connectivity index (χ0n) is 13.9. The SMILES string of the molecule is O=C(CSc1n[nH]c(-c2cccs2)n1)c1c[nH]c(C(=O)N2CCCC2)c1. The second-order valence-electron chi connectivity index (χ2n) is 5.96. The van der Waals surface area contributed by atoms with Crippen LogP contribution in [0.25, 0.3) is 10.7 Å². The minimum absolute atomic E-state index is 0.0382. The Hall–Kier alpha value is -2.39. The van der Waals surface area contributed by atoms with Gasteiger partial charge in [0.05, 0.1) is 10.6 Å². The average Bonchev–Trinajstić information content (AvgIpc) is 3.45. The molecule has 1 fully saturated rings. The molecule has 1 aliphatic heterocycles. The summed E-state index contributed by atoms with van der Waals surface area (Å²) >= 11 is 2.85. The number of amides is 1.